The van der Waals surface area contributed by atoms with Gasteiger partial charge in [0.2, 0.25) is 0 Å². The SMILES string of the molecule is CC(C)=CCNc1ccc(-c2cc(C)c(-c3ccc(CCC(C)C)c(F)c3)c(C)c2C)cn1. The van der Waals surface area contributed by atoms with Crippen molar-refractivity contribution in [2.75, 3.05) is 11.9 Å². The summed E-state index contributed by atoms with van der Waals surface area (Å²) in [4.78, 5) is 4.59. The van der Waals surface area contributed by atoms with Crippen molar-refractivity contribution in [1.82, 2.24) is 4.98 Å². The summed E-state index contributed by atoms with van der Waals surface area (Å²) in [7, 11) is 0. The second-order valence-corrected chi connectivity index (χ2v) is 9.70. The number of rotatable bonds is 8. The molecule has 0 aliphatic rings. The zero-order valence-electron chi connectivity index (χ0n) is 21.1. The molecule has 0 bridgehead atoms. The number of pyridine rings is 1. The molecule has 1 N–H and O–H groups in total. The first-order chi connectivity index (χ1) is 15.7. The van der Waals surface area contributed by atoms with Crippen molar-refractivity contribution in [3.63, 3.8) is 0 Å². The Morgan fingerprint density at radius 1 is 1.00 bits per heavy atom. The van der Waals surface area contributed by atoms with E-state index in [2.05, 4.69) is 83.0 Å². The minimum absolute atomic E-state index is 0.103. The van der Waals surface area contributed by atoms with E-state index in [0.717, 1.165) is 53.0 Å². The van der Waals surface area contributed by atoms with E-state index in [1.54, 1.807) is 6.07 Å². The lowest BCUT2D eigenvalue weighted by Crippen LogP contribution is -2.01. The molecule has 0 aliphatic carbocycles. The highest BCUT2D eigenvalue weighted by Crippen LogP contribution is 2.36. The summed E-state index contributed by atoms with van der Waals surface area (Å²) in [5, 5.41) is 3.32. The van der Waals surface area contributed by atoms with E-state index in [9.17, 15) is 4.39 Å². The monoisotopic (exact) mass is 444 g/mol. The molecule has 0 aliphatic heterocycles. The maximum absolute atomic E-state index is 14.8. The van der Waals surface area contributed by atoms with Crippen LogP contribution in [0.25, 0.3) is 22.3 Å². The van der Waals surface area contributed by atoms with Crippen molar-refractivity contribution < 1.29 is 4.39 Å². The molecule has 1 heterocycles. The van der Waals surface area contributed by atoms with Gasteiger partial charge >= 0.3 is 0 Å². The highest BCUT2D eigenvalue weighted by atomic mass is 19.1. The van der Waals surface area contributed by atoms with Gasteiger partial charge in [-0.25, -0.2) is 9.37 Å². The fraction of sp³-hybridized carbons (Fsp3) is 0.367. The highest BCUT2D eigenvalue weighted by Gasteiger charge is 2.15. The summed E-state index contributed by atoms with van der Waals surface area (Å²) in [6.45, 7) is 15.7. The van der Waals surface area contributed by atoms with Crippen molar-refractivity contribution >= 4 is 5.82 Å². The van der Waals surface area contributed by atoms with Gasteiger partial charge in [-0.2, -0.15) is 0 Å². The van der Waals surface area contributed by atoms with Crippen LogP contribution in [-0.4, -0.2) is 11.5 Å². The van der Waals surface area contributed by atoms with E-state index in [1.165, 1.54) is 22.3 Å². The summed E-state index contributed by atoms with van der Waals surface area (Å²) in [5.74, 6) is 1.33. The average molecular weight is 445 g/mol. The fourth-order valence-corrected chi connectivity index (χ4v) is 4.19. The lowest BCUT2D eigenvalue weighted by molar-refractivity contribution is 0.558. The number of nitrogens with one attached hydrogen (secondary N) is 1. The molecule has 0 spiro atoms. The Balaban J connectivity index is 1.89. The molecule has 0 saturated heterocycles. The van der Waals surface area contributed by atoms with Crippen LogP contribution >= 0.6 is 0 Å². The topological polar surface area (TPSA) is 24.9 Å². The van der Waals surface area contributed by atoms with E-state index in [1.807, 2.05) is 18.3 Å². The molecule has 174 valence electrons. The molecular weight excluding hydrogens is 407 g/mol. The van der Waals surface area contributed by atoms with Crippen LogP contribution in [0.4, 0.5) is 10.2 Å². The van der Waals surface area contributed by atoms with Gasteiger partial charge in [-0.15, -0.1) is 0 Å². The van der Waals surface area contributed by atoms with Crippen LogP contribution in [0, 0.1) is 32.5 Å². The van der Waals surface area contributed by atoms with E-state index in [4.69, 9.17) is 0 Å². The number of benzene rings is 2. The number of nitrogens with zero attached hydrogens (tertiary/aromatic N) is 1. The van der Waals surface area contributed by atoms with E-state index in [-0.39, 0.29) is 5.82 Å². The van der Waals surface area contributed by atoms with Gasteiger partial charge in [0, 0.05) is 18.3 Å². The summed E-state index contributed by atoms with van der Waals surface area (Å²) >= 11 is 0. The van der Waals surface area contributed by atoms with Crippen LogP contribution in [-0.2, 0) is 6.42 Å². The van der Waals surface area contributed by atoms with Crippen LogP contribution in [0.15, 0.2) is 54.2 Å². The van der Waals surface area contributed by atoms with Gasteiger partial charge in [0.05, 0.1) is 0 Å². The molecule has 2 nitrogen and oxygen atoms in total. The minimum atomic E-state index is -0.103. The first-order valence-electron chi connectivity index (χ1n) is 11.9. The lowest BCUT2D eigenvalue weighted by atomic mass is 9.87. The predicted molar refractivity (Wildman–Crippen MR) is 140 cm³/mol. The van der Waals surface area contributed by atoms with Gasteiger partial charge in [0.15, 0.2) is 0 Å². The van der Waals surface area contributed by atoms with E-state index < -0.39 is 0 Å². The van der Waals surface area contributed by atoms with Crippen LogP contribution in [0.2, 0.25) is 0 Å². The molecule has 1 aromatic heterocycles. The normalized spacial score (nSPS) is 11.1. The molecule has 2 aromatic carbocycles. The third-order valence-corrected chi connectivity index (χ3v) is 6.30. The summed E-state index contributed by atoms with van der Waals surface area (Å²) in [6.07, 6.45) is 5.85. The summed E-state index contributed by atoms with van der Waals surface area (Å²) in [5.41, 5.74) is 9.96. The molecule has 3 heteroatoms. The fourth-order valence-electron chi connectivity index (χ4n) is 4.19. The highest BCUT2D eigenvalue weighted by molar-refractivity contribution is 5.79. The number of hydrogen-bond acceptors (Lipinski definition) is 2. The first-order valence-corrected chi connectivity index (χ1v) is 11.9. The van der Waals surface area contributed by atoms with E-state index in [0.29, 0.717) is 5.92 Å². The molecule has 33 heavy (non-hydrogen) atoms. The number of hydrogen-bond donors (Lipinski definition) is 1. The van der Waals surface area contributed by atoms with Crippen molar-refractivity contribution in [2.45, 2.75) is 61.3 Å². The molecular formula is C30H37FN2. The van der Waals surface area contributed by atoms with Gasteiger partial charge < -0.3 is 5.32 Å². The third-order valence-electron chi connectivity index (χ3n) is 6.30. The second-order valence-electron chi connectivity index (χ2n) is 9.70. The van der Waals surface area contributed by atoms with Gasteiger partial charge in [-0.3, -0.25) is 0 Å². The largest absolute Gasteiger partial charge is 0.367 e. The van der Waals surface area contributed by atoms with Gasteiger partial charge in [0.1, 0.15) is 11.6 Å². The maximum atomic E-state index is 14.8. The Kier molecular flexibility index (Phi) is 8.07. The van der Waals surface area contributed by atoms with Crippen molar-refractivity contribution in [2.24, 2.45) is 5.92 Å². The second kappa shape index (κ2) is 10.8. The number of anilines is 1. The Morgan fingerprint density at radius 2 is 1.73 bits per heavy atom. The molecule has 0 unspecified atom stereocenters. The predicted octanol–water partition coefficient (Wildman–Crippen LogP) is 8.45. The zero-order valence-corrected chi connectivity index (χ0v) is 21.1. The van der Waals surface area contributed by atoms with E-state index >= 15 is 0 Å². The Labute approximate surface area is 199 Å². The van der Waals surface area contributed by atoms with Crippen molar-refractivity contribution in [3.05, 3.63) is 82.3 Å². The standard InChI is InChI=1S/C30H37FN2/c1-19(2)8-9-24-10-11-25(17-28(24)31)30-21(5)16-27(22(6)23(30)7)26-12-13-29(33-18-26)32-15-14-20(3)4/h10-14,16-19H,8-9,15H2,1-7H3,(H,32,33). The molecule has 0 atom stereocenters. The molecule has 0 amide bonds. The zero-order chi connectivity index (χ0) is 24.1. The Hall–Kier alpha value is -2.94. The summed E-state index contributed by atoms with van der Waals surface area (Å²) in [6, 6.07) is 12.1. The summed E-state index contributed by atoms with van der Waals surface area (Å²) < 4.78 is 14.8. The van der Waals surface area contributed by atoms with Crippen molar-refractivity contribution in [3.8, 4) is 22.3 Å². The number of aromatic nitrogens is 1. The third kappa shape index (κ3) is 6.10. The van der Waals surface area contributed by atoms with Gasteiger partial charge in [-0.05, 0) is 111 Å². The quantitative estimate of drug-likeness (QED) is 0.353. The molecule has 0 fully saturated rings. The van der Waals surface area contributed by atoms with Crippen LogP contribution in [0.1, 0.15) is 56.4 Å². The minimum Gasteiger partial charge on any atom is -0.367 e. The molecule has 3 rings (SSSR count). The maximum Gasteiger partial charge on any atom is 0.127 e. The first kappa shape index (κ1) is 24.7. The van der Waals surface area contributed by atoms with Gasteiger partial charge in [0.25, 0.3) is 0 Å². The van der Waals surface area contributed by atoms with Crippen molar-refractivity contribution in [1.29, 1.82) is 0 Å². The molecule has 3 aromatic rings. The number of allylic oxidation sites excluding steroid dienone is 1. The average Bonchev–Trinajstić information content (AvgIpc) is 2.76. The smallest absolute Gasteiger partial charge is 0.127 e. The number of halogens is 1. The molecule has 0 radical (unpaired) electrons. The van der Waals surface area contributed by atoms with Gasteiger partial charge in [-0.1, -0.05) is 43.7 Å². The Morgan fingerprint density at radius 3 is 2.33 bits per heavy atom. The number of aryl methyl sites for hydroxylation is 2. The molecule has 0 saturated carbocycles. The Bertz CT molecular complexity index is 1140. The van der Waals surface area contributed by atoms with Crippen LogP contribution < -0.4 is 5.32 Å². The van der Waals surface area contributed by atoms with Crippen LogP contribution in [0.5, 0.6) is 0 Å². The van der Waals surface area contributed by atoms with Crippen LogP contribution in [0.3, 0.4) is 0 Å². The lowest BCUT2D eigenvalue weighted by Gasteiger charge is -2.18.